The van der Waals surface area contributed by atoms with Crippen molar-refractivity contribution in [3.05, 3.63) is 59.9 Å². The maximum Gasteiger partial charge on any atom is 0.211 e. The Morgan fingerprint density at radius 3 is 2.56 bits per heavy atom. The molecule has 0 aliphatic heterocycles. The van der Waals surface area contributed by atoms with E-state index < -0.39 is 0 Å². The fraction of sp³-hybridized carbons (Fsp3) is 0.143. The highest BCUT2D eigenvalue weighted by molar-refractivity contribution is 6.07. The zero-order chi connectivity index (χ0) is 12.8. The van der Waals surface area contributed by atoms with Gasteiger partial charge in [-0.15, -0.1) is 0 Å². The average Bonchev–Trinajstić information content (AvgIpc) is 2.46. The number of rotatable bonds is 5. The fourth-order valence-corrected chi connectivity index (χ4v) is 1.47. The Morgan fingerprint density at radius 2 is 1.94 bits per heavy atom. The Morgan fingerprint density at radius 1 is 1.17 bits per heavy atom. The Balaban J connectivity index is 2.12. The first-order chi connectivity index (χ1) is 8.81. The van der Waals surface area contributed by atoms with Crippen molar-refractivity contribution in [2.75, 3.05) is 13.9 Å². The van der Waals surface area contributed by atoms with Crippen molar-refractivity contribution in [3.63, 3.8) is 0 Å². The molecule has 92 valence electrons. The minimum absolute atomic E-state index is 0.103. The molecule has 0 aliphatic rings. The molecule has 2 rings (SSSR count). The second kappa shape index (κ2) is 5.93. The maximum atomic E-state index is 12.0. The van der Waals surface area contributed by atoms with Gasteiger partial charge >= 0.3 is 0 Å². The van der Waals surface area contributed by atoms with Gasteiger partial charge in [0, 0.05) is 18.9 Å². The van der Waals surface area contributed by atoms with Crippen LogP contribution in [0.3, 0.4) is 0 Å². The third-order valence-corrected chi connectivity index (χ3v) is 2.36. The van der Waals surface area contributed by atoms with Gasteiger partial charge in [-0.3, -0.25) is 9.78 Å². The lowest BCUT2D eigenvalue weighted by atomic mass is 10.1. The van der Waals surface area contributed by atoms with E-state index in [1.165, 1.54) is 0 Å². The monoisotopic (exact) mass is 243 g/mol. The number of benzene rings is 1. The number of hydrogen-bond acceptors (Lipinski definition) is 4. The molecule has 0 spiro atoms. The molecule has 0 saturated carbocycles. The lowest BCUT2D eigenvalue weighted by molar-refractivity contribution is 0.0511. The largest absolute Gasteiger partial charge is 0.468 e. The van der Waals surface area contributed by atoms with Crippen LogP contribution in [0, 0.1) is 0 Å². The standard InChI is InChI=1S/C14H13NO3/c1-17-10-18-12-7-5-11(6-8-12)14(16)13-4-2-3-9-15-13/h2-9H,10H2,1H3. The fourth-order valence-electron chi connectivity index (χ4n) is 1.47. The molecule has 4 heteroatoms. The second-order valence-corrected chi connectivity index (χ2v) is 3.62. The number of ketones is 1. The van der Waals surface area contributed by atoms with Gasteiger partial charge in [0.05, 0.1) is 0 Å². The Labute approximate surface area is 105 Å². The van der Waals surface area contributed by atoms with Gasteiger partial charge in [0.15, 0.2) is 6.79 Å². The summed E-state index contributed by atoms with van der Waals surface area (Å²) in [5.41, 5.74) is 1.02. The summed E-state index contributed by atoms with van der Waals surface area (Å²) in [4.78, 5) is 16.1. The molecule has 1 aromatic heterocycles. The molecular formula is C14H13NO3. The van der Waals surface area contributed by atoms with E-state index in [9.17, 15) is 4.79 Å². The van der Waals surface area contributed by atoms with Crippen LogP contribution in [-0.2, 0) is 4.74 Å². The van der Waals surface area contributed by atoms with Gasteiger partial charge < -0.3 is 9.47 Å². The van der Waals surface area contributed by atoms with Gasteiger partial charge in [-0.2, -0.15) is 0 Å². The van der Waals surface area contributed by atoms with Crippen LogP contribution in [0.2, 0.25) is 0 Å². The summed E-state index contributed by atoms with van der Waals surface area (Å²) < 4.78 is 10.0. The van der Waals surface area contributed by atoms with Crippen LogP contribution in [0.1, 0.15) is 16.1 Å². The second-order valence-electron chi connectivity index (χ2n) is 3.62. The molecule has 1 aromatic carbocycles. The predicted octanol–water partition coefficient (Wildman–Crippen LogP) is 2.30. The Hall–Kier alpha value is -2.20. The van der Waals surface area contributed by atoms with Crippen molar-refractivity contribution in [2.24, 2.45) is 0 Å². The number of hydrogen-bond donors (Lipinski definition) is 0. The summed E-state index contributed by atoms with van der Waals surface area (Å²) in [6.45, 7) is 0.188. The molecule has 0 saturated heterocycles. The minimum atomic E-state index is -0.103. The van der Waals surface area contributed by atoms with E-state index in [1.54, 1.807) is 55.8 Å². The number of ether oxygens (including phenoxy) is 2. The van der Waals surface area contributed by atoms with Crippen LogP contribution >= 0.6 is 0 Å². The number of carbonyl (C=O) groups excluding carboxylic acids is 1. The molecule has 0 aliphatic carbocycles. The highest BCUT2D eigenvalue weighted by Gasteiger charge is 2.09. The molecule has 2 aromatic rings. The molecule has 0 amide bonds. The smallest absolute Gasteiger partial charge is 0.211 e. The normalized spacial score (nSPS) is 10.1. The summed E-state index contributed by atoms with van der Waals surface area (Å²) in [5.74, 6) is 0.559. The molecule has 0 bridgehead atoms. The number of aromatic nitrogens is 1. The van der Waals surface area contributed by atoms with Gasteiger partial charge in [-0.05, 0) is 36.4 Å². The summed E-state index contributed by atoms with van der Waals surface area (Å²) in [7, 11) is 1.55. The van der Waals surface area contributed by atoms with Crippen molar-refractivity contribution in [1.29, 1.82) is 0 Å². The van der Waals surface area contributed by atoms with Crippen LogP contribution in [0.25, 0.3) is 0 Å². The molecule has 0 N–H and O–H groups in total. The summed E-state index contributed by atoms with van der Waals surface area (Å²) in [5, 5.41) is 0. The first-order valence-corrected chi connectivity index (χ1v) is 5.49. The third-order valence-electron chi connectivity index (χ3n) is 2.36. The molecule has 1 heterocycles. The maximum absolute atomic E-state index is 12.0. The highest BCUT2D eigenvalue weighted by Crippen LogP contribution is 2.14. The molecule has 18 heavy (non-hydrogen) atoms. The Bertz CT molecular complexity index is 508. The SMILES string of the molecule is COCOc1ccc(C(=O)c2ccccn2)cc1. The van der Waals surface area contributed by atoms with Crippen LogP contribution in [0.4, 0.5) is 0 Å². The molecule has 0 radical (unpaired) electrons. The number of methoxy groups -OCH3 is 1. The summed E-state index contributed by atoms with van der Waals surface area (Å²) in [6, 6.07) is 12.1. The highest BCUT2D eigenvalue weighted by atomic mass is 16.7. The molecule has 0 unspecified atom stereocenters. The van der Waals surface area contributed by atoms with Crippen molar-refractivity contribution in [2.45, 2.75) is 0 Å². The minimum Gasteiger partial charge on any atom is -0.468 e. The molecule has 0 fully saturated rings. The Kier molecular flexibility index (Phi) is 4.04. The summed E-state index contributed by atoms with van der Waals surface area (Å²) in [6.07, 6.45) is 1.60. The quantitative estimate of drug-likeness (QED) is 0.597. The molecular weight excluding hydrogens is 230 g/mol. The number of carbonyl (C=O) groups is 1. The lowest BCUT2D eigenvalue weighted by Gasteiger charge is -2.05. The van der Waals surface area contributed by atoms with E-state index >= 15 is 0 Å². The van der Waals surface area contributed by atoms with Crippen molar-refractivity contribution >= 4 is 5.78 Å². The van der Waals surface area contributed by atoms with Gasteiger partial charge in [-0.1, -0.05) is 6.07 Å². The zero-order valence-electron chi connectivity index (χ0n) is 10.00. The van der Waals surface area contributed by atoms with E-state index in [-0.39, 0.29) is 12.6 Å². The molecule has 0 atom stereocenters. The topological polar surface area (TPSA) is 48.4 Å². The lowest BCUT2D eigenvalue weighted by Crippen LogP contribution is -2.04. The molecule has 4 nitrogen and oxygen atoms in total. The van der Waals surface area contributed by atoms with Gasteiger partial charge in [0.2, 0.25) is 5.78 Å². The van der Waals surface area contributed by atoms with E-state index in [1.807, 2.05) is 0 Å². The van der Waals surface area contributed by atoms with Gasteiger partial charge in [0.25, 0.3) is 0 Å². The van der Waals surface area contributed by atoms with E-state index in [0.29, 0.717) is 17.0 Å². The summed E-state index contributed by atoms with van der Waals surface area (Å²) >= 11 is 0. The first kappa shape index (κ1) is 12.3. The van der Waals surface area contributed by atoms with E-state index in [2.05, 4.69) is 4.98 Å². The van der Waals surface area contributed by atoms with Crippen LogP contribution in [0.5, 0.6) is 5.75 Å². The zero-order valence-corrected chi connectivity index (χ0v) is 10.00. The third kappa shape index (κ3) is 2.93. The van der Waals surface area contributed by atoms with Gasteiger partial charge in [-0.25, -0.2) is 0 Å². The van der Waals surface area contributed by atoms with E-state index in [0.717, 1.165) is 0 Å². The van der Waals surface area contributed by atoms with Crippen molar-refractivity contribution in [1.82, 2.24) is 4.98 Å². The van der Waals surface area contributed by atoms with E-state index in [4.69, 9.17) is 9.47 Å². The first-order valence-electron chi connectivity index (χ1n) is 5.49. The van der Waals surface area contributed by atoms with Crippen LogP contribution in [-0.4, -0.2) is 24.7 Å². The van der Waals surface area contributed by atoms with Gasteiger partial charge in [0.1, 0.15) is 11.4 Å². The van der Waals surface area contributed by atoms with Crippen LogP contribution < -0.4 is 4.74 Å². The predicted molar refractivity (Wildman–Crippen MR) is 66.6 cm³/mol. The number of nitrogens with zero attached hydrogens (tertiary/aromatic N) is 1. The number of pyridine rings is 1. The van der Waals surface area contributed by atoms with Crippen molar-refractivity contribution < 1.29 is 14.3 Å². The van der Waals surface area contributed by atoms with Crippen LogP contribution in [0.15, 0.2) is 48.7 Å². The van der Waals surface area contributed by atoms with Crippen molar-refractivity contribution in [3.8, 4) is 5.75 Å². The average molecular weight is 243 g/mol.